The van der Waals surface area contributed by atoms with Gasteiger partial charge in [-0.25, -0.2) is 9.97 Å². The molecule has 2 aromatic rings. The van der Waals surface area contributed by atoms with Crippen LogP contribution in [-0.2, 0) is 12.8 Å². The summed E-state index contributed by atoms with van der Waals surface area (Å²) in [6, 6.07) is 8.26. The summed E-state index contributed by atoms with van der Waals surface area (Å²) in [6.45, 7) is 5.29. The highest BCUT2D eigenvalue weighted by Gasteiger charge is 2.20. The van der Waals surface area contributed by atoms with E-state index in [-0.39, 0.29) is 0 Å². The minimum Gasteiger partial charge on any atom is -0.494 e. The molecule has 1 heterocycles. The monoisotopic (exact) mass is 422 g/mol. The summed E-state index contributed by atoms with van der Waals surface area (Å²) in [5, 5.41) is 0. The topological polar surface area (TPSA) is 35.0 Å². The Labute approximate surface area is 190 Å². The fourth-order valence-electron chi connectivity index (χ4n) is 4.60. The van der Waals surface area contributed by atoms with Gasteiger partial charge in [0.25, 0.3) is 0 Å². The van der Waals surface area contributed by atoms with E-state index < -0.39 is 0 Å². The molecule has 3 nitrogen and oxygen atoms in total. The van der Waals surface area contributed by atoms with Crippen LogP contribution < -0.4 is 4.74 Å². The predicted octanol–water partition coefficient (Wildman–Crippen LogP) is 7.96. The van der Waals surface area contributed by atoms with E-state index in [2.05, 4.69) is 32.2 Å². The summed E-state index contributed by atoms with van der Waals surface area (Å²) in [4.78, 5) is 9.62. The van der Waals surface area contributed by atoms with Crippen LogP contribution in [0.2, 0.25) is 0 Å². The van der Waals surface area contributed by atoms with Crippen molar-refractivity contribution in [2.45, 2.75) is 104 Å². The second-order valence-electron chi connectivity index (χ2n) is 9.26. The van der Waals surface area contributed by atoms with Gasteiger partial charge in [-0.15, -0.1) is 0 Å². The first-order valence-corrected chi connectivity index (χ1v) is 12.9. The Morgan fingerprint density at radius 1 is 0.871 bits per heavy atom. The molecular formula is C28H42N2O. The lowest BCUT2D eigenvalue weighted by molar-refractivity contribution is 0.306. The number of aromatic nitrogens is 2. The first kappa shape index (κ1) is 23.8. The SMILES string of the molecule is CCCCCCCCCC1CCc2nc(-c3ccc(OCCCCC)cc3)ncc2C1. The van der Waals surface area contributed by atoms with Gasteiger partial charge in [0.2, 0.25) is 0 Å². The number of rotatable bonds is 14. The van der Waals surface area contributed by atoms with Crippen LogP contribution in [-0.4, -0.2) is 16.6 Å². The van der Waals surface area contributed by atoms with Crippen LogP contribution in [0.5, 0.6) is 5.75 Å². The average molecular weight is 423 g/mol. The van der Waals surface area contributed by atoms with Crippen molar-refractivity contribution >= 4 is 0 Å². The molecule has 0 aliphatic heterocycles. The van der Waals surface area contributed by atoms with Gasteiger partial charge in [0.1, 0.15) is 5.75 Å². The zero-order valence-corrected chi connectivity index (χ0v) is 19.9. The van der Waals surface area contributed by atoms with Crippen LogP contribution in [0.3, 0.4) is 0 Å². The Kier molecular flexibility index (Phi) is 10.3. The largest absolute Gasteiger partial charge is 0.494 e. The maximum Gasteiger partial charge on any atom is 0.159 e. The Morgan fingerprint density at radius 2 is 1.58 bits per heavy atom. The number of unbranched alkanes of at least 4 members (excludes halogenated alkanes) is 8. The highest BCUT2D eigenvalue weighted by Crippen LogP contribution is 2.29. The zero-order valence-electron chi connectivity index (χ0n) is 19.9. The third-order valence-electron chi connectivity index (χ3n) is 6.60. The van der Waals surface area contributed by atoms with Crippen LogP contribution in [0, 0.1) is 5.92 Å². The molecule has 3 rings (SSSR count). The van der Waals surface area contributed by atoms with E-state index in [0.29, 0.717) is 0 Å². The molecular weight excluding hydrogens is 380 g/mol. The van der Waals surface area contributed by atoms with Gasteiger partial charge in [-0.1, -0.05) is 78.1 Å². The van der Waals surface area contributed by atoms with E-state index in [9.17, 15) is 0 Å². The van der Waals surface area contributed by atoms with Crippen molar-refractivity contribution in [3.8, 4) is 17.1 Å². The minimum absolute atomic E-state index is 0.794. The lowest BCUT2D eigenvalue weighted by Crippen LogP contribution is -2.16. The van der Waals surface area contributed by atoms with E-state index in [1.807, 2.05) is 12.1 Å². The molecule has 0 radical (unpaired) electrons. The number of hydrogen-bond donors (Lipinski definition) is 0. The summed E-state index contributed by atoms with van der Waals surface area (Å²) >= 11 is 0. The molecule has 170 valence electrons. The van der Waals surface area contributed by atoms with Gasteiger partial charge in [-0.2, -0.15) is 0 Å². The molecule has 3 heteroatoms. The molecule has 0 fully saturated rings. The van der Waals surface area contributed by atoms with Crippen LogP contribution >= 0.6 is 0 Å². The van der Waals surface area contributed by atoms with Crippen LogP contribution in [0.1, 0.15) is 102 Å². The summed E-state index contributed by atoms with van der Waals surface area (Å²) in [5.41, 5.74) is 3.72. The molecule has 1 aliphatic carbocycles. The molecule has 1 aromatic heterocycles. The summed E-state index contributed by atoms with van der Waals surface area (Å²) < 4.78 is 5.83. The molecule has 0 amide bonds. The third-order valence-corrected chi connectivity index (χ3v) is 6.60. The first-order chi connectivity index (χ1) is 15.3. The van der Waals surface area contributed by atoms with Crippen molar-refractivity contribution in [2.24, 2.45) is 5.92 Å². The van der Waals surface area contributed by atoms with Crippen molar-refractivity contribution in [1.82, 2.24) is 9.97 Å². The molecule has 0 spiro atoms. The fourth-order valence-corrected chi connectivity index (χ4v) is 4.60. The van der Waals surface area contributed by atoms with E-state index in [1.165, 1.54) is 81.9 Å². The molecule has 0 saturated carbocycles. The Morgan fingerprint density at radius 3 is 2.35 bits per heavy atom. The summed E-state index contributed by atoms with van der Waals surface area (Å²) in [6.07, 6.45) is 20.3. The lowest BCUT2D eigenvalue weighted by atomic mass is 9.84. The van der Waals surface area contributed by atoms with Gasteiger partial charge in [0, 0.05) is 17.5 Å². The molecule has 0 bridgehead atoms. The van der Waals surface area contributed by atoms with Gasteiger partial charge >= 0.3 is 0 Å². The molecule has 31 heavy (non-hydrogen) atoms. The van der Waals surface area contributed by atoms with E-state index in [4.69, 9.17) is 14.7 Å². The van der Waals surface area contributed by atoms with Crippen LogP contribution in [0.4, 0.5) is 0 Å². The van der Waals surface area contributed by atoms with Crippen molar-refractivity contribution in [3.63, 3.8) is 0 Å². The normalized spacial score (nSPS) is 15.6. The highest BCUT2D eigenvalue weighted by atomic mass is 16.5. The Balaban J connectivity index is 1.45. The zero-order chi connectivity index (χ0) is 21.7. The first-order valence-electron chi connectivity index (χ1n) is 12.9. The van der Waals surface area contributed by atoms with Crippen molar-refractivity contribution in [1.29, 1.82) is 0 Å². The second kappa shape index (κ2) is 13.5. The molecule has 1 atom stereocenters. The average Bonchev–Trinajstić information content (AvgIpc) is 2.81. The number of hydrogen-bond acceptors (Lipinski definition) is 3. The number of aryl methyl sites for hydroxylation is 1. The summed E-state index contributed by atoms with van der Waals surface area (Å²) in [7, 11) is 0. The van der Waals surface area contributed by atoms with Gasteiger partial charge in [0.15, 0.2) is 5.82 Å². The minimum atomic E-state index is 0.794. The molecule has 1 unspecified atom stereocenters. The maximum atomic E-state index is 5.83. The lowest BCUT2D eigenvalue weighted by Gasteiger charge is -2.24. The highest BCUT2D eigenvalue weighted by molar-refractivity contribution is 5.56. The number of fused-ring (bicyclic) bond motifs is 1. The van der Waals surface area contributed by atoms with E-state index in [0.717, 1.165) is 48.9 Å². The Bertz CT molecular complexity index is 756. The molecule has 1 aromatic carbocycles. The smallest absolute Gasteiger partial charge is 0.159 e. The Hall–Kier alpha value is -1.90. The standard InChI is InChI=1S/C28H42N2O/c1-3-5-7-8-9-10-11-13-23-14-19-27-25(21-23)22-29-28(30-27)24-15-17-26(18-16-24)31-20-12-6-4-2/h15-18,22-23H,3-14,19-21H2,1-2H3. The fraction of sp³-hybridized carbons (Fsp3) is 0.643. The molecule has 1 aliphatic rings. The molecule has 0 N–H and O–H groups in total. The van der Waals surface area contributed by atoms with E-state index >= 15 is 0 Å². The number of benzene rings is 1. The number of ether oxygens (including phenoxy) is 1. The third kappa shape index (κ3) is 7.94. The quantitative estimate of drug-likeness (QED) is 0.290. The van der Waals surface area contributed by atoms with Crippen LogP contribution in [0.15, 0.2) is 30.5 Å². The van der Waals surface area contributed by atoms with Crippen molar-refractivity contribution in [3.05, 3.63) is 41.7 Å². The van der Waals surface area contributed by atoms with Crippen LogP contribution in [0.25, 0.3) is 11.4 Å². The van der Waals surface area contributed by atoms with E-state index in [1.54, 1.807) is 0 Å². The second-order valence-corrected chi connectivity index (χ2v) is 9.26. The predicted molar refractivity (Wildman–Crippen MR) is 131 cm³/mol. The van der Waals surface area contributed by atoms with Gasteiger partial charge in [-0.05, 0) is 61.4 Å². The van der Waals surface area contributed by atoms with Gasteiger partial charge in [0.05, 0.1) is 6.61 Å². The van der Waals surface area contributed by atoms with Gasteiger partial charge in [-0.3, -0.25) is 0 Å². The summed E-state index contributed by atoms with van der Waals surface area (Å²) in [5.74, 6) is 2.61. The number of nitrogens with zero attached hydrogens (tertiary/aromatic N) is 2. The van der Waals surface area contributed by atoms with Crippen molar-refractivity contribution in [2.75, 3.05) is 6.61 Å². The van der Waals surface area contributed by atoms with Gasteiger partial charge < -0.3 is 4.74 Å². The van der Waals surface area contributed by atoms with Crippen molar-refractivity contribution < 1.29 is 4.74 Å². The maximum absolute atomic E-state index is 5.83. The molecule has 0 saturated heterocycles.